The average Bonchev–Trinajstić information content (AvgIpc) is 2.33. The van der Waals surface area contributed by atoms with Gasteiger partial charge in [-0.3, -0.25) is 0 Å². The maximum atomic E-state index is 5.49. The lowest BCUT2D eigenvalue weighted by molar-refractivity contribution is 0.985. The number of nitrogens with two attached hydrogens (primary N) is 1. The van der Waals surface area contributed by atoms with Crippen LogP contribution in [0.2, 0.25) is 0 Å². The second-order valence-electron chi connectivity index (χ2n) is 3.50. The highest BCUT2D eigenvalue weighted by molar-refractivity contribution is 5.35. The summed E-state index contributed by atoms with van der Waals surface area (Å²) in [4.78, 5) is 8.12. The van der Waals surface area contributed by atoms with Crippen molar-refractivity contribution < 1.29 is 0 Å². The zero-order valence-corrected chi connectivity index (χ0v) is 8.93. The van der Waals surface area contributed by atoms with Crippen LogP contribution in [0.5, 0.6) is 0 Å². The van der Waals surface area contributed by atoms with Crippen LogP contribution in [0.4, 0.5) is 11.6 Å². The van der Waals surface area contributed by atoms with Gasteiger partial charge in [0, 0.05) is 6.54 Å². The van der Waals surface area contributed by atoms with Gasteiger partial charge in [0.15, 0.2) is 0 Å². The first kappa shape index (κ1) is 10.4. The molecular weight excluding hydrogens is 200 g/mol. The average molecular weight is 214 g/mol. The van der Waals surface area contributed by atoms with Crippen LogP contribution in [0.15, 0.2) is 42.7 Å². The Labute approximate surface area is 94.5 Å². The minimum absolute atomic E-state index is 0.577. The van der Waals surface area contributed by atoms with Crippen LogP contribution in [0.1, 0.15) is 5.56 Å². The van der Waals surface area contributed by atoms with E-state index < -0.39 is 0 Å². The fourth-order valence-electron chi connectivity index (χ4n) is 1.39. The van der Waals surface area contributed by atoms with E-state index >= 15 is 0 Å². The molecule has 0 aliphatic heterocycles. The van der Waals surface area contributed by atoms with Crippen LogP contribution in [0.3, 0.4) is 0 Å². The summed E-state index contributed by atoms with van der Waals surface area (Å²) in [6, 6.07) is 10.3. The van der Waals surface area contributed by atoms with E-state index in [0.29, 0.717) is 11.6 Å². The van der Waals surface area contributed by atoms with Gasteiger partial charge in [0.25, 0.3) is 0 Å². The molecule has 1 aromatic carbocycles. The van der Waals surface area contributed by atoms with Gasteiger partial charge >= 0.3 is 0 Å². The third-order valence-corrected chi connectivity index (χ3v) is 2.21. The molecule has 0 aliphatic rings. The standard InChI is InChI=1S/C12H14N4/c13-11-8-15-12(16-9-11)14-7-6-10-4-2-1-3-5-10/h1-5,8-9H,6-7,13H2,(H,14,15,16). The van der Waals surface area contributed by atoms with Gasteiger partial charge < -0.3 is 11.1 Å². The summed E-state index contributed by atoms with van der Waals surface area (Å²) < 4.78 is 0. The molecule has 0 saturated heterocycles. The highest BCUT2D eigenvalue weighted by Crippen LogP contribution is 2.02. The highest BCUT2D eigenvalue weighted by Gasteiger charge is 1.95. The normalized spacial score (nSPS) is 10.0. The van der Waals surface area contributed by atoms with Crippen molar-refractivity contribution in [3.05, 3.63) is 48.3 Å². The maximum absolute atomic E-state index is 5.49. The molecule has 2 rings (SSSR count). The molecule has 0 bridgehead atoms. The molecule has 4 heteroatoms. The van der Waals surface area contributed by atoms with Crippen LogP contribution in [0.25, 0.3) is 0 Å². The summed E-state index contributed by atoms with van der Waals surface area (Å²) in [6.07, 6.45) is 4.14. The first-order chi connectivity index (χ1) is 7.84. The number of rotatable bonds is 4. The minimum atomic E-state index is 0.577. The third-order valence-electron chi connectivity index (χ3n) is 2.21. The molecular formula is C12H14N4. The minimum Gasteiger partial charge on any atom is -0.396 e. The Bertz CT molecular complexity index is 425. The summed E-state index contributed by atoms with van der Waals surface area (Å²) in [6.45, 7) is 0.813. The Hall–Kier alpha value is -2.10. The number of nitrogens with zero attached hydrogens (tertiary/aromatic N) is 2. The molecule has 1 aromatic heterocycles. The quantitative estimate of drug-likeness (QED) is 0.813. The molecule has 0 radical (unpaired) electrons. The fourth-order valence-corrected chi connectivity index (χ4v) is 1.39. The molecule has 82 valence electrons. The molecule has 0 unspecified atom stereocenters. The largest absolute Gasteiger partial charge is 0.396 e. The van der Waals surface area contributed by atoms with Crippen LogP contribution in [-0.4, -0.2) is 16.5 Å². The van der Waals surface area contributed by atoms with E-state index in [1.807, 2.05) is 18.2 Å². The van der Waals surface area contributed by atoms with E-state index in [-0.39, 0.29) is 0 Å². The predicted octanol–water partition coefficient (Wildman–Crippen LogP) is 1.71. The number of nitrogen functional groups attached to an aromatic ring is 1. The van der Waals surface area contributed by atoms with Gasteiger partial charge in [0.1, 0.15) is 0 Å². The van der Waals surface area contributed by atoms with Crippen LogP contribution in [0, 0.1) is 0 Å². The monoisotopic (exact) mass is 214 g/mol. The number of nitrogens with one attached hydrogen (secondary N) is 1. The Morgan fingerprint density at radius 1 is 1.06 bits per heavy atom. The van der Waals surface area contributed by atoms with E-state index in [0.717, 1.165) is 13.0 Å². The summed E-state index contributed by atoms with van der Waals surface area (Å²) in [5.74, 6) is 0.616. The molecule has 4 nitrogen and oxygen atoms in total. The second kappa shape index (κ2) is 5.11. The molecule has 16 heavy (non-hydrogen) atoms. The highest BCUT2D eigenvalue weighted by atomic mass is 15.1. The molecule has 0 aliphatic carbocycles. The van der Waals surface area contributed by atoms with Gasteiger partial charge in [-0.2, -0.15) is 0 Å². The Kier molecular flexibility index (Phi) is 3.33. The molecule has 0 spiro atoms. The third kappa shape index (κ3) is 2.95. The number of benzene rings is 1. The van der Waals surface area contributed by atoms with Crippen molar-refractivity contribution in [2.75, 3.05) is 17.6 Å². The maximum Gasteiger partial charge on any atom is 0.222 e. The smallest absolute Gasteiger partial charge is 0.222 e. The topological polar surface area (TPSA) is 63.8 Å². The Morgan fingerprint density at radius 2 is 1.75 bits per heavy atom. The van der Waals surface area contributed by atoms with Crippen molar-refractivity contribution in [1.29, 1.82) is 0 Å². The van der Waals surface area contributed by atoms with Gasteiger partial charge in [0.2, 0.25) is 5.95 Å². The van der Waals surface area contributed by atoms with Crippen molar-refractivity contribution >= 4 is 11.6 Å². The number of aromatic nitrogens is 2. The van der Waals surface area contributed by atoms with Crippen LogP contribution >= 0.6 is 0 Å². The molecule has 0 atom stereocenters. The number of hydrogen-bond acceptors (Lipinski definition) is 4. The van der Waals surface area contributed by atoms with Gasteiger partial charge in [0.05, 0.1) is 18.1 Å². The lowest BCUT2D eigenvalue weighted by atomic mass is 10.1. The van der Waals surface area contributed by atoms with E-state index in [1.54, 1.807) is 12.4 Å². The molecule has 2 aromatic rings. The summed E-state index contributed by atoms with van der Waals surface area (Å²) in [7, 11) is 0. The first-order valence-electron chi connectivity index (χ1n) is 5.20. The van der Waals surface area contributed by atoms with Crippen molar-refractivity contribution in [3.63, 3.8) is 0 Å². The number of anilines is 2. The molecule has 0 saturated carbocycles. The SMILES string of the molecule is Nc1cnc(NCCc2ccccc2)nc1. The lowest BCUT2D eigenvalue weighted by Crippen LogP contribution is -2.07. The zero-order valence-electron chi connectivity index (χ0n) is 8.93. The summed E-state index contributed by atoms with van der Waals surface area (Å²) in [5, 5.41) is 3.14. The predicted molar refractivity (Wildman–Crippen MR) is 65.1 cm³/mol. The zero-order chi connectivity index (χ0) is 11.2. The van der Waals surface area contributed by atoms with E-state index in [2.05, 4.69) is 27.4 Å². The lowest BCUT2D eigenvalue weighted by Gasteiger charge is -2.04. The molecule has 0 amide bonds. The summed E-state index contributed by atoms with van der Waals surface area (Å²) >= 11 is 0. The van der Waals surface area contributed by atoms with Gasteiger partial charge in [-0.1, -0.05) is 30.3 Å². The second-order valence-corrected chi connectivity index (χ2v) is 3.50. The fraction of sp³-hybridized carbons (Fsp3) is 0.167. The van der Waals surface area contributed by atoms with Gasteiger partial charge in [-0.25, -0.2) is 9.97 Å². The van der Waals surface area contributed by atoms with Crippen molar-refractivity contribution in [2.45, 2.75) is 6.42 Å². The number of hydrogen-bond donors (Lipinski definition) is 2. The molecule has 0 fully saturated rings. The van der Waals surface area contributed by atoms with Gasteiger partial charge in [-0.05, 0) is 12.0 Å². The summed E-state index contributed by atoms with van der Waals surface area (Å²) in [5.41, 5.74) is 7.37. The van der Waals surface area contributed by atoms with E-state index in [4.69, 9.17) is 5.73 Å². The van der Waals surface area contributed by atoms with Crippen molar-refractivity contribution in [3.8, 4) is 0 Å². The Balaban J connectivity index is 1.82. The molecule has 3 N–H and O–H groups in total. The van der Waals surface area contributed by atoms with Gasteiger partial charge in [-0.15, -0.1) is 0 Å². The van der Waals surface area contributed by atoms with E-state index in [1.165, 1.54) is 5.56 Å². The molecule has 1 heterocycles. The Morgan fingerprint density at radius 3 is 2.44 bits per heavy atom. The van der Waals surface area contributed by atoms with Crippen LogP contribution in [-0.2, 0) is 6.42 Å². The van der Waals surface area contributed by atoms with E-state index in [9.17, 15) is 0 Å². The van der Waals surface area contributed by atoms with Crippen molar-refractivity contribution in [2.24, 2.45) is 0 Å². The first-order valence-corrected chi connectivity index (χ1v) is 5.20. The van der Waals surface area contributed by atoms with Crippen LogP contribution < -0.4 is 11.1 Å². The van der Waals surface area contributed by atoms with Crippen molar-refractivity contribution in [1.82, 2.24) is 9.97 Å².